The second-order valence-corrected chi connectivity index (χ2v) is 4.30. The summed E-state index contributed by atoms with van der Waals surface area (Å²) in [5, 5.41) is 9.45. The zero-order chi connectivity index (χ0) is 15.8. The lowest BCUT2D eigenvalue weighted by Crippen LogP contribution is -1.96. The smallest absolute Gasteiger partial charge is 0.0859 e. The third kappa shape index (κ3) is 3.17. The van der Waals surface area contributed by atoms with E-state index in [0.717, 1.165) is 22.4 Å². The molecule has 0 aliphatic rings. The van der Waals surface area contributed by atoms with E-state index in [1.165, 1.54) is 0 Å². The molecule has 0 saturated heterocycles. The van der Waals surface area contributed by atoms with E-state index in [4.69, 9.17) is 0 Å². The summed E-state index contributed by atoms with van der Waals surface area (Å²) >= 11 is 0. The van der Waals surface area contributed by atoms with E-state index in [2.05, 4.69) is 27.8 Å². The van der Waals surface area contributed by atoms with Crippen molar-refractivity contribution in [3.05, 3.63) is 66.9 Å². The molecule has 4 nitrogen and oxygen atoms in total. The van der Waals surface area contributed by atoms with Gasteiger partial charge < -0.3 is 5.11 Å². The highest BCUT2D eigenvalue weighted by atomic mass is 16.3. The monoisotopic (exact) mass is 289 g/mol. The van der Waals surface area contributed by atoms with Crippen molar-refractivity contribution in [2.45, 2.75) is 6.61 Å². The Balaban J connectivity index is 0.000000847. The number of aromatic nitrogens is 3. The van der Waals surface area contributed by atoms with Crippen LogP contribution in [0.4, 0.5) is 0 Å². The minimum absolute atomic E-state index is 0.0997. The lowest BCUT2D eigenvalue weighted by molar-refractivity contribution is 0.277. The zero-order valence-electron chi connectivity index (χ0n) is 11.9. The van der Waals surface area contributed by atoms with Crippen LogP contribution < -0.4 is 0 Å². The first-order valence-corrected chi connectivity index (χ1v) is 6.64. The highest BCUT2D eigenvalue weighted by Crippen LogP contribution is 2.31. The predicted molar refractivity (Wildman–Crippen MR) is 86.5 cm³/mol. The van der Waals surface area contributed by atoms with E-state index in [9.17, 15) is 5.11 Å². The summed E-state index contributed by atoms with van der Waals surface area (Å²) in [7, 11) is 0. The maximum atomic E-state index is 9.45. The van der Waals surface area contributed by atoms with E-state index >= 15 is 0 Å². The van der Waals surface area contributed by atoms with Crippen LogP contribution in [0.25, 0.3) is 22.4 Å². The van der Waals surface area contributed by atoms with Gasteiger partial charge in [-0.3, -0.25) is 15.0 Å². The first-order chi connectivity index (χ1) is 10.9. The van der Waals surface area contributed by atoms with Crippen LogP contribution in [0, 0.1) is 12.8 Å². The van der Waals surface area contributed by atoms with E-state index in [0.29, 0.717) is 5.69 Å². The van der Waals surface area contributed by atoms with Crippen molar-refractivity contribution >= 4 is 0 Å². The third-order valence-corrected chi connectivity index (χ3v) is 3.07. The van der Waals surface area contributed by atoms with Crippen molar-refractivity contribution in [2.24, 2.45) is 0 Å². The standard InChI is InChI=1S/C16H13N3O.C2H2/c20-11-15-13(5-2-8-18-15)14-6-3-9-19-16(14)12-4-1-7-17-10-12;1-2/h1-10,20H,11H2;1-2H. The lowest BCUT2D eigenvalue weighted by Gasteiger charge is -2.11. The number of pyridine rings is 3. The summed E-state index contributed by atoms with van der Waals surface area (Å²) in [4.78, 5) is 12.8. The number of hydrogen-bond donors (Lipinski definition) is 1. The quantitative estimate of drug-likeness (QED) is 0.753. The Morgan fingerprint density at radius 2 is 1.55 bits per heavy atom. The molecule has 3 aromatic rings. The molecule has 0 bridgehead atoms. The molecular weight excluding hydrogens is 274 g/mol. The minimum atomic E-state index is -0.0997. The van der Waals surface area contributed by atoms with Gasteiger partial charge in [-0.15, -0.1) is 12.8 Å². The first kappa shape index (κ1) is 15.4. The summed E-state index contributed by atoms with van der Waals surface area (Å²) < 4.78 is 0. The summed E-state index contributed by atoms with van der Waals surface area (Å²) in [6, 6.07) is 11.5. The van der Waals surface area contributed by atoms with Gasteiger partial charge in [0.1, 0.15) is 0 Å². The van der Waals surface area contributed by atoms with Crippen molar-refractivity contribution in [1.82, 2.24) is 15.0 Å². The molecule has 0 fully saturated rings. The summed E-state index contributed by atoms with van der Waals surface area (Å²) in [6.45, 7) is -0.0997. The van der Waals surface area contributed by atoms with Crippen LogP contribution in [-0.4, -0.2) is 20.1 Å². The fraction of sp³-hybridized carbons (Fsp3) is 0.0556. The van der Waals surface area contributed by atoms with Gasteiger partial charge in [0.05, 0.1) is 18.0 Å². The van der Waals surface area contributed by atoms with E-state index in [1.807, 2.05) is 36.4 Å². The van der Waals surface area contributed by atoms with Gasteiger partial charge in [-0.1, -0.05) is 12.1 Å². The molecule has 1 N–H and O–H groups in total. The van der Waals surface area contributed by atoms with E-state index in [1.54, 1.807) is 24.8 Å². The highest BCUT2D eigenvalue weighted by molar-refractivity contribution is 5.81. The Kier molecular flexibility index (Phi) is 5.36. The molecule has 0 aliphatic carbocycles. The number of hydrogen-bond acceptors (Lipinski definition) is 4. The normalized spacial score (nSPS) is 9.59. The van der Waals surface area contributed by atoms with Gasteiger partial charge in [0.15, 0.2) is 0 Å². The van der Waals surface area contributed by atoms with Crippen LogP contribution in [0.2, 0.25) is 0 Å². The number of aliphatic hydroxyl groups excluding tert-OH is 1. The minimum Gasteiger partial charge on any atom is -0.390 e. The Bertz CT molecular complexity index is 754. The molecule has 3 heterocycles. The van der Waals surface area contributed by atoms with Crippen LogP contribution in [-0.2, 0) is 6.61 Å². The molecule has 0 unspecified atom stereocenters. The maximum absolute atomic E-state index is 9.45. The van der Waals surface area contributed by atoms with Crippen LogP contribution in [0.3, 0.4) is 0 Å². The average Bonchev–Trinajstić information content (AvgIpc) is 2.64. The molecule has 0 aromatic carbocycles. The fourth-order valence-corrected chi connectivity index (χ4v) is 2.16. The van der Waals surface area contributed by atoms with Crippen molar-refractivity contribution in [1.29, 1.82) is 0 Å². The average molecular weight is 289 g/mol. The molecule has 0 saturated carbocycles. The second-order valence-electron chi connectivity index (χ2n) is 4.30. The number of terminal acetylenes is 1. The Hall–Kier alpha value is -3.03. The SMILES string of the molecule is C#C.OCc1ncccc1-c1cccnc1-c1cccnc1. The van der Waals surface area contributed by atoms with Gasteiger partial charge in [-0.25, -0.2) is 0 Å². The highest BCUT2D eigenvalue weighted by Gasteiger charge is 2.12. The van der Waals surface area contributed by atoms with Crippen LogP contribution in [0.5, 0.6) is 0 Å². The molecule has 0 aliphatic heterocycles. The Labute approximate surface area is 129 Å². The van der Waals surface area contributed by atoms with Gasteiger partial charge in [0.25, 0.3) is 0 Å². The van der Waals surface area contributed by atoms with Gasteiger partial charge in [-0.05, 0) is 24.3 Å². The van der Waals surface area contributed by atoms with Gasteiger partial charge in [-0.2, -0.15) is 0 Å². The van der Waals surface area contributed by atoms with Crippen LogP contribution in [0.1, 0.15) is 5.69 Å². The Morgan fingerprint density at radius 1 is 0.864 bits per heavy atom. The molecule has 3 aromatic heterocycles. The molecule has 108 valence electrons. The van der Waals surface area contributed by atoms with E-state index < -0.39 is 0 Å². The van der Waals surface area contributed by atoms with Crippen molar-refractivity contribution < 1.29 is 5.11 Å². The number of aliphatic hydroxyl groups is 1. The molecule has 3 rings (SSSR count). The first-order valence-electron chi connectivity index (χ1n) is 6.64. The summed E-state index contributed by atoms with van der Waals surface area (Å²) in [6.07, 6.45) is 14.9. The van der Waals surface area contributed by atoms with Crippen LogP contribution in [0.15, 0.2) is 61.2 Å². The Morgan fingerprint density at radius 3 is 2.23 bits per heavy atom. The lowest BCUT2D eigenvalue weighted by atomic mass is 9.99. The van der Waals surface area contributed by atoms with E-state index in [-0.39, 0.29) is 6.61 Å². The maximum Gasteiger partial charge on any atom is 0.0859 e. The van der Waals surface area contributed by atoms with Crippen LogP contribution >= 0.6 is 0 Å². The molecule has 0 amide bonds. The molecule has 0 spiro atoms. The molecule has 0 radical (unpaired) electrons. The second kappa shape index (κ2) is 7.67. The number of rotatable bonds is 3. The number of nitrogens with zero attached hydrogens (tertiary/aromatic N) is 3. The largest absolute Gasteiger partial charge is 0.390 e. The predicted octanol–water partition coefficient (Wildman–Crippen LogP) is 2.95. The van der Waals surface area contributed by atoms with Gasteiger partial charge in [0, 0.05) is 41.5 Å². The molecule has 4 heteroatoms. The zero-order valence-corrected chi connectivity index (χ0v) is 11.9. The van der Waals surface area contributed by atoms with Gasteiger partial charge >= 0.3 is 0 Å². The van der Waals surface area contributed by atoms with Crippen molar-refractivity contribution in [3.63, 3.8) is 0 Å². The topological polar surface area (TPSA) is 58.9 Å². The summed E-state index contributed by atoms with van der Waals surface area (Å²) in [5.41, 5.74) is 4.25. The van der Waals surface area contributed by atoms with Gasteiger partial charge in [0.2, 0.25) is 0 Å². The fourth-order valence-electron chi connectivity index (χ4n) is 2.16. The molecular formula is C18H15N3O. The third-order valence-electron chi connectivity index (χ3n) is 3.07. The van der Waals surface area contributed by atoms with Crippen molar-refractivity contribution in [2.75, 3.05) is 0 Å². The van der Waals surface area contributed by atoms with Crippen molar-refractivity contribution in [3.8, 4) is 35.2 Å². The summed E-state index contributed by atoms with van der Waals surface area (Å²) in [5.74, 6) is 0. The molecule has 22 heavy (non-hydrogen) atoms. The molecule has 0 atom stereocenters.